The molecule has 0 N–H and O–H groups in total. The van der Waals surface area contributed by atoms with Crippen LogP contribution in [0, 0.1) is 0 Å². The first-order chi connectivity index (χ1) is 6.84. The molecule has 72 valence electrons. The van der Waals surface area contributed by atoms with Gasteiger partial charge in [0, 0.05) is 18.9 Å². The van der Waals surface area contributed by atoms with E-state index in [0.29, 0.717) is 6.42 Å². The molecule has 1 aromatic carbocycles. The van der Waals surface area contributed by atoms with Gasteiger partial charge in [-0.25, -0.2) is 0 Å². The van der Waals surface area contributed by atoms with E-state index < -0.39 is 0 Å². The van der Waals surface area contributed by atoms with E-state index in [-0.39, 0.29) is 11.9 Å². The minimum Gasteiger partial charge on any atom is -0.497 e. The van der Waals surface area contributed by atoms with Crippen LogP contribution in [0.2, 0.25) is 0 Å². The third kappa shape index (κ3) is 2.22. The van der Waals surface area contributed by atoms with E-state index in [1.165, 1.54) is 17.9 Å². The van der Waals surface area contributed by atoms with Crippen LogP contribution in [0.5, 0.6) is 0 Å². The summed E-state index contributed by atoms with van der Waals surface area (Å²) in [5.41, 5.74) is 1.21. The largest absolute Gasteiger partial charge is 0.497 e. The smallest absolute Gasteiger partial charge is 0.162 e. The number of benzene rings is 1. The van der Waals surface area contributed by atoms with Gasteiger partial charge in [0.05, 0.1) is 6.26 Å². The van der Waals surface area contributed by atoms with E-state index >= 15 is 0 Å². The second-order valence-corrected chi connectivity index (χ2v) is 3.42. The zero-order valence-electron chi connectivity index (χ0n) is 7.85. The average Bonchev–Trinajstić information content (AvgIpc) is 2.19. The van der Waals surface area contributed by atoms with Crippen molar-refractivity contribution in [2.45, 2.75) is 18.9 Å². The van der Waals surface area contributed by atoms with Gasteiger partial charge in [-0.2, -0.15) is 0 Å². The molecule has 14 heavy (non-hydrogen) atoms. The van der Waals surface area contributed by atoms with Crippen LogP contribution in [-0.2, 0) is 16.0 Å². The molecule has 1 atom stereocenters. The molecule has 1 aliphatic rings. The molecule has 2 heteroatoms. The van der Waals surface area contributed by atoms with Crippen molar-refractivity contribution in [3.8, 4) is 0 Å². The lowest BCUT2D eigenvalue weighted by atomic mass is 10.0. The highest BCUT2D eigenvalue weighted by molar-refractivity contribution is 5.90. The monoisotopic (exact) mass is 188 g/mol. The molecule has 0 aliphatic carbocycles. The Bertz CT molecular complexity index is 341. The van der Waals surface area contributed by atoms with Crippen molar-refractivity contribution in [2.75, 3.05) is 0 Å². The lowest BCUT2D eigenvalue weighted by Crippen LogP contribution is -2.20. The van der Waals surface area contributed by atoms with Gasteiger partial charge < -0.3 is 4.74 Å². The Hall–Kier alpha value is -1.57. The summed E-state index contributed by atoms with van der Waals surface area (Å²) in [4.78, 5) is 11.1. The fourth-order valence-corrected chi connectivity index (χ4v) is 1.56. The van der Waals surface area contributed by atoms with Crippen LogP contribution in [0.1, 0.15) is 12.0 Å². The van der Waals surface area contributed by atoms with E-state index in [9.17, 15) is 4.79 Å². The molecular weight excluding hydrogens is 176 g/mol. The first-order valence-electron chi connectivity index (χ1n) is 4.73. The minimum atomic E-state index is 0.00917. The molecular formula is C12H12O2. The van der Waals surface area contributed by atoms with E-state index in [2.05, 4.69) is 0 Å². The van der Waals surface area contributed by atoms with Crippen LogP contribution in [-0.4, -0.2) is 11.9 Å². The van der Waals surface area contributed by atoms with Crippen molar-refractivity contribution in [1.29, 1.82) is 0 Å². The Kier molecular flexibility index (Phi) is 2.63. The van der Waals surface area contributed by atoms with Gasteiger partial charge in [0.2, 0.25) is 0 Å². The van der Waals surface area contributed by atoms with Crippen LogP contribution in [0.4, 0.5) is 0 Å². The van der Waals surface area contributed by atoms with Crippen LogP contribution in [0.25, 0.3) is 0 Å². The van der Waals surface area contributed by atoms with E-state index in [1.807, 2.05) is 30.3 Å². The molecule has 0 aromatic heterocycles. The van der Waals surface area contributed by atoms with Gasteiger partial charge in [-0.3, -0.25) is 4.79 Å². The molecule has 1 heterocycles. The third-order valence-corrected chi connectivity index (χ3v) is 2.26. The van der Waals surface area contributed by atoms with Crippen molar-refractivity contribution in [2.24, 2.45) is 0 Å². The minimum absolute atomic E-state index is 0.00917. The molecule has 0 fully saturated rings. The summed E-state index contributed by atoms with van der Waals surface area (Å²) in [5, 5.41) is 0. The van der Waals surface area contributed by atoms with Gasteiger partial charge in [-0.15, -0.1) is 0 Å². The van der Waals surface area contributed by atoms with E-state index in [0.717, 1.165) is 6.42 Å². The quantitative estimate of drug-likeness (QED) is 0.710. The third-order valence-electron chi connectivity index (χ3n) is 2.26. The topological polar surface area (TPSA) is 26.3 Å². The fraction of sp³-hybridized carbons (Fsp3) is 0.250. The Morgan fingerprint density at radius 3 is 2.79 bits per heavy atom. The van der Waals surface area contributed by atoms with Crippen molar-refractivity contribution in [3.05, 3.63) is 48.2 Å². The molecule has 0 spiro atoms. The van der Waals surface area contributed by atoms with Crippen molar-refractivity contribution in [3.63, 3.8) is 0 Å². The molecule has 0 amide bonds. The molecule has 0 bridgehead atoms. The van der Waals surface area contributed by atoms with E-state index in [1.54, 1.807) is 0 Å². The molecule has 1 aliphatic heterocycles. The van der Waals surface area contributed by atoms with Crippen molar-refractivity contribution < 1.29 is 9.53 Å². The first kappa shape index (κ1) is 9.00. The molecule has 0 saturated heterocycles. The molecule has 0 unspecified atom stereocenters. The predicted molar refractivity (Wildman–Crippen MR) is 53.8 cm³/mol. The molecule has 0 saturated carbocycles. The van der Waals surface area contributed by atoms with Crippen LogP contribution < -0.4 is 0 Å². The number of carbonyl (C=O) groups excluding carboxylic acids is 1. The maximum absolute atomic E-state index is 11.1. The maximum Gasteiger partial charge on any atom is 0.162 e. The molecule has 2 nitrogen and oxygen atoms in total. The van der Waals surface area contributed by atoms with Gasteiger partial charge >= 0.3 is 0 Å². The standard InChI is InChI=1S/C12H12O2/c13-11-6-7-14-12(9-11)8-10-4-2-1-3-5-10/h1-7,12H,8-9H2/t12-/m1/s1. The van der Waals surface area contributed by atoms with Gasteiger partial charge in [-0.1, -0.05) is 30.3 Å². The van der Waals surface area contributed by atoms with Crippen LogP contribution >= 0.6 is 0 Å². The average molecular weight is 188 g/mol. The Labute approximate surface area is 83.2 Å². The summed E-state index contributed by atoms with van der Waals surface area (Å²) in [6.45, 7) is 0. The summed E-state index contributed by atoms with van der Waals surface area (Å²) >= 11 is 0. The molecule has 0 radical (unpaired) electrons. The first-order valence-corrected chi connectivity index (χ1v) is 4.73. The van der Waals surface area contributed by atoms with Crippen LogP contribution in [0.3, 0.4) is 0 Å². The number of hydrogen-bond acceptors (Lipinski definition) is 2. The summed E-state index contributed by atoms with van der Waals surface area (Å²) < 4.78 is 5.35. The molecule has 1 aromatic rings. The Balaban J connectivity index is 1.99. The summed E-state index contributed by atoms with van der Waals surface area (Å²) in [6, 6.07) is 10.1. The normalized spacial score (nSPS) is 20.6. The van der Waals surface area contributed by atoms with Crippen molar-refractivity contribution in [1.82, 2.24) is 0 Å². The number of allylic oxidation sites excluding steroid dienone is 1. The molecule has 2 rings (SSSR count). The number of ketones is 1. The number of rotatable bonds is 2. The van der Waals surface area contributed by atoms with Gasteiger partial charge in [0.15, 0.2) is 5.78 Å². The zero-order chi connectivity index (χ0) is 9.80. The van der Waals surface area contributed by atoms with Crippen molar-refractivity contribution >= 4 is 5.78 Å². The van der Waals surface area contributed by atoms with Crippen LogP contribution in [0.15, 0.2) is 42.7 Å². The Morgan fingerprint density at radius 2 is 2.07 bits per heavy atom. The Morgan fingerprint density at radius 1 is 1.29 bits per heavy atom. The maximum atomic E-state index is 11.1. The highest BCUT2D eigenvalue weighted by atomic mass is 16.5. The lowest BCUT2D eigenvalue weighted by Gasteiger charge is -2.18. The summed E-state index contributed by atoms with van der Waals surface area (Å²) in [6.07, 6.45) is 4.29. The summed E-state index contributed by atoms with van der Waals surface area (Å²) in [7, 11) is 0. The second-order valence-electron chi connectivity index (χ2n) is 3.42. The van der Waals surface area contributed by atoms with Gasteiger partial charge in [0.1, 0.15) is 6.10 Å². The van der Waals surface area contributed by atoms with Gasteiger partial charge in [-0.05, 0) is 5.56 Å². The number of carbonyl (C=O) groups is 1. The number of ether oxygens (including phenoxy) is 1. The second kappa shape index (κ2) is 4.09. The van der Waals surface area contributed by atoms with E-state index in [4.69, 9.17) is 4.74 Å². The number of hydrogen-bond donors (Lipinski definition) is 0. The zero-order valence-corrected chi connectivity index (χ0v) is 7.85. The fourth-order valence-electron chi connectivity index (χ4n) is 1.56. The highest BCUT2D eigenvalue weighted by Gasteiger charge is 2.16. The SMILES string of the molecule is O=C1C=CO[C@H](Cc2ccccc2)C1. The highest BCUT2D eigenvalue weighted by Crippen LogP contribution is 2.13. The predicted octanol–water partition coefficient (Wildman–Crippen LogP) is 2.10. The van der Waals surface area contributed by atoms with Gasteiger partial charge in [0.25, 0.3) is 0 Å². The lowest BCUT2D eigenvalue weighted by molar-refractivity contribution is -0.117. The summed E-state index contributed by atoms with van der Waals surface area (Å²) in [5.74, 6) is 0.150.